The van der Waals surface area contributed by atoms with E-state index in [0.717, 1.165) is 11.5 Å². The number of halogens is 1. The van der Waals surface area contributed by atoms with Gasteiger partial charge in [-0.05, 0) is 31.2 Å². The summed E-state index contributed by atoms with van der Waals surface area (Å²) in [7, 11) is 3.90. The Morgan fingerprint density at radius 2 is 1.81 bits per heavy atom. The van der Waals surface area contributed by atoms with Crippen molar-refractivity contribution in [3.8, 4) is 5.75 Å². The van der Waals surface area contributed by atoms with Crippen molar-refractivity contribution in [2.24, 2.45) is 0 Å². The average molecular weight is 373 g/mol. The number of rotatable bonds is 5. The fourth-order valence-electron chi connectivity index (χ4n) is 2.83. The summed E-state index contributed by atoms with van der Waals surface area (Å²) in [6, 6.07) is 7.58. The number of carbonyl (C=O) groups excluding carboxylic acids is 1. The van der Waals surface area contributed by atoms with Crippen LogP contribution >= 0.6 is 0 Å². The van der Waals surface area contributed by atoms with E-state index in [-0.39, 0.29) is 18.3 Å². The highest BCUT2D eigenvalue weighted by Gasteiger charge is 2.23. The van der Waals surface area contributed by atoms with Crippen LogP contribution in [0.15, 0.2) is 30.3 Å². The molecule has 1 aromatic carbocycles. The van der Waals surface area contributed by atoms with Crippen LogP contribution in [0.1, 0.15) is 5.69 Å². The summed E-state index contributed by atoms with van der Waals surface area (Å²) in [5, 5.41) is 0. The maximum atomic E-state index is 12.9. The first-order valence-corrected chi connectivity index (χ1v) is 8.86. The summed E-state index contributed by atoms with van der Waals surface area (Å²) in [5.74, 6) is 1.61. The van der Waals surface area contributed by atoms with Gasteiger partial charge in [0.05, 0.1) is 0 Å². The Kier molecular flexibility index (Phi) is 5.73. The Hall–Kier alpha value is -2.90. The van der Waals surface area contributed by atoms with Crippen LogP contribution in [0, 0.1) is 12.7 Å². The van der Waals surface area contributed by atoms with E-state index in [2.05, 4.69) is 14.9 Å². The molecule has 1 aliphatic rings. The lowest BCUT2D eigenvalue weighted by Crippen LogP contribution is -2.50. The number of aromatic nitrogens is 2. The molecule has 1 aromatic heterocycles. The van der Waals surface area contributed by atoms with Gasteiger partial charge in [-0.2, -0.15) is 4.98 Å². The highest BCUT2D eigenvalue weighted by atomic mass is 19.1. The first kappa shape index (κ1) is 18.9. The first-order valence-electron chi connectivity index (χ1n) is 8.86. The van der Waals surface area contributed by atoms with E-state index in [1.165, 1.54) is 24.3 Å². The number of benzene rings is 1. The van der Waals surface area contributed by atoms with Gasteiger partial charge in [0.25, 0.3) is 5.91 Å². The molecule has 144 valence electrons. The molecule has 2 aromatic rings. The molecule has 0 unspecified atom stereocenters. The van der Waals surface area contributed by atoms with Gasteiger partial charge in [0, 0.05) is 52.0 Å². The lowest BCUT2D eigenvalue weighted by atomic mass is 10.3. The average Bonchev–Trinajstić information content (AvgIpc) is 2.67. The smallest absolute Gasteiger partial charge is 0.260 e. The molecule has 1 amide bonds. The van der Waals surface area contributed by atoms with Crippen molar-refractivity contribution in [3.05, 3.63) is 41.8 Å². The van der Waals surface area contributed by atoms with Gasteiger partial charge in [0.1, 0.15) is 17.4 Å². The predicted molar refractivity (Wildman–Crippen MR) is 102 cm³/mol. The van der Waals surface area contributed by atoms with Gasteiger partial charge in [-0.25, -0.2) is 9.37 Å². The number of anilines is 2. The summed E-state index contributed by atoms with van der Waals surface area (Å²) >= 11 is 0. The summed E-state index contributed by atoms with van der Waals surface area (Å²) in [6.07, 6.45) is 0. The van der Waals surface area contributed by atoms with Crippen LogP contribution in [0.5, 0.6) is 5.75 Å². The molecule has 0 N–H and O–H groups in total. The highest BCUT2D eigenvalue weighted by molar-refractivity contribution is 5.78. The SMILES string of the molecule is Cc1cc(N(C)C)nc(N2CCN(C(=O)COc3ccc(F)cc3)CC2)n1. The lowest BCUT2D eigenvalue weighted by Gasteiger charge is -2.35. The molecule has 0 spiro atoms. The molecule has 1 aliphatic heterocycles. The summed E-state index contributed by atoms with van der Waals surface area (Å²) < 4.78 is 18.3. The number of aryl methyl sites for hydroxylation is 1. The molecule has 0 atom stereocenters. The minimum absolute atomic E-state index is 0.0582. The van der Waals surface area contributed by atoms with Crippen molar-refractivity contribution < 1.29 is 13.9 Å². The van der Waals surface area contributed by atoms with Gasteiger partial charge in [0.2, 0.25) is 5.95 Å². The van der Waals surface area contributed by atoms with Crippen LogP contribution < -0.4 is 14.5 Å². The van der Waals surface area contributed by atoms with Crippen LogP contribution in [0.4, 0.5) is 16.2 Å². The third kappa shape index (κ3) is 4.84. The molecular formula is C19H24FN5O2. The van der Waals surface area contributed by atoms with Gasteiger partial charge in [-0.1, -0.05) is 0 Å². The van der Waals surface area contributed by atoms with Crippen molar-refractivity contribution in [2.45, 2.75) is 6.92 Å². The summed E-state index contributed by atoms with van der Waals surface area (Å²) in [5.41, 5.74) is 0.912. The molecule has 1 saturated heterocycles. The highest BCUT2D eigenvalue weighted by Crippen LogP contribution is 2.17. The Labute approximate surface area is 158 Å². The van der Waals surface area contributed by atoms with Gasteiger partial charge >= 0.3 is 0 Å². The van der Waals surface area contributed by atoms with Crippen molar-refractivity contribution in [2.75, 3.05) is 56.7 Å². The maximum absolute atomic E-state index is 12.9. The second-order valence-corrected chi connectivity index (χ2v) is 6.67. The number of hydrogen-bond acceptors (Lipinski definition) is 6. The van der Waals surface area contributed by atoms with E-state index in [4.69, 9.17) is 4.74 Å². The Balaban J connectivity index is 1.54. The lowest BCUT2D eigenvalue weighted by molar-refractivity contribution is -0.133. The second-order valence-electron chi connectivity index (χ2n) is 6.67. The molecule has 7 nitrogen and oxygen atoms in total. The van der Waals surface area contributed by atoms with Crippen LogP contribution in [-0.2, 0) is 4.79 Å². The predicted octanol–water partition coefficient (Wildman–Crippen LogP) is 1.72. The molecule has 27 heavy (non-hydrogen) atoms. The van der Waals surface area contributed by atoms with Crippen LogP contribution in [0.3, 0.4) is 0 Å². The zero-order valence-corrected chi connectivity index (χ0v) is 15.9. The van der Waals surface area contributed by atoms with Crippen molar-refractivity contribution in [1.82, 2.24) is 14.9 Å². The van der Waals surface area contributed by atoms with Gasteiger partial charge in [0.15, 0.2) is 6.61 Å². The monoisotopic (exact) mass is 373 g/mol. The molecular weight excluding hydrogens is 349 g/mol. The molecule has 1 fully saturated rings. The molecule has 8 heteroatoms. The first-order chi connectivity index (χ1) is 12.9. The zero-order chi connectivity index (χ0) is 19.4. The number of hydrogen-bond donors (Lipinski definition) is 0. The second kappa shape index (κ2) is 8.20. The molecule has 0 radical (unpaired) electrons. The fraction of sp³-hybridized carbons (Fsp3) is 0.421. The fourth-order valence-corrected chi connectivity index (χ4v) is 2.83. The molecule has 2 heterocycles. The summed E-state index contributed by atoms with van der Waals surface area (Å²) in [4.78, 5) is 27.3. The third-order valence-electron chi connectivity index (χ3n) is 4.38. The topological polar surface area (TPSA) is 61.8 Å². The van der Waals surface area contributed by atoms with E-state index < -0.39 is 0 Å². The van der Waals surface area contributed by atoms with E-state index in [0.29, 0.717) is 37.9 Å². The zero-order valence-electron chi connectivity index (χ0n) is 15.9. The van der Waals surface area contributed by atoms with Crippen LogP contribution in [0.2, 0.25) is 0 Å². The summed E-state index contributed by atoms with van der Waals surface area (Å²) in [6.45, 7) is 4.39. The largest absolute Gasteiger partial charge is 0.484 e. The minimum Gasteiger partial charge on any atom is -0.484 e. The standard InChI is InChI=1S/C19H24FN5O2/c1-14-12-17(23(2)3)22-19(21-14)25-10-8-24(9-11-25)18(26)13-27-16-6-4-15(20)5-7-16/h4-7,12H,8-11,13H2,1-3H3. The van der Waals surface area contributed by atoms with Crippen LogP contribution in [-0.4, -0.2) is 67.7 Å². The van der Waals surface area contributed by atoms with Crippen molar-refractivity contribution in [1.29, 1.82) is 0 Å². The Bertz CT molecular complexity index is 789. The molecule has 0 bridgehead atoms. The van der Waals surface area contributed by atoms with Gasteiger partial charge in [-0.3, -0.25) is 4.79 Å². The molecule has 0 saturated carbocycles. The quantitative estimate of drug-likeness (QED) is 0.795. The van der Waals surface area contributed by atoms with Crippen molar-refractivity contribution >= 4 is 17.7 Å². The maximum Gasteiger partial charge on any atom is 0.260 e. The molecule has 0 aliphatic carbocycles. The number of nitrogens with zero attached hydrogens (tertiary/aromatic N) is 5. The molecule has 3 rings (SSSR count). The van der Waals surface area contributed by atoms with E-state index in [1.807, 2.05) is 32.0 Å². The Morgan fingerprint density at radius 3 is 2.44 bits per heavy atom. The number of amides is 1. The van der Waals surface area contributed by atoms with Crippen molar-refractivity contribution in [3.63, 3.8) is 0 Å². The number of piperazine rings is 1. The normalized spacial score (nSPS) is 14.2. The van der Waals surface area contributed by atoms with Gasteiger partial charge in [-0.15, -0.1) is 0 Å². The minimum atomic E-state index is -0.333. The number of ether oxygens (including phenoxy) is 1. The number of carbonyl (C=O) groups is 1. The van der Waals surface area contributed by atoms with E-state index in [1.54, 1.807) is 4.90 Å². The van der Waals surface area contributed by atoms with Gasteiger partial charge < -0.3 is 19.4 Å². The Morgan fingerprint density at radius 1 is 1.15 bits per heavy atom. The third-order valence-corrected chi connectivity index (χ3v) is 4.38. The van der Waals surface area contributed by atoms with E-state index >= 15 is 0 Å². The van der Waals surface area contributed by atoms with Crippen LogP contribution in [0.25, 0.3) is 0 Å². The van der Waals surface area contributed by atoms with E-state index in [9.17, 15) is 9.18 Å².